The second-order valence-electron chi connectivity index (χ2n) is 12.0. The van der Waals surface area contributed by atoms with Crippen LogP contribution in [-0.4, -0.2) is 60.7 Å². The Balaban J connectivity index is 1.22. The van der Waals surface area contributed by atoms with Crippen LogP contribution in [0.4, 0.5) is 19.0 Å². The minimum atomic E-state index is -4.68. The number of aliphatic hydroxyl groups excluding tert-OH is 1. The molecule has 6 rings (SSSR count). The van der Waals surface area contributed by atoms with Gasteiger partial charge in [-0.25, -0.2) is 14.5 Å². The van der Waals surface area contributed by atoms with E-state index in [4.69, 9.17) is 35.9 Å². The van der Waals surface area contributed by atoms with E-state index in [1.54, 1.807) is 0 Å². The van der Waals surface area contributed by atoms with Crippen LogP contribution >= 0.6 is 19.3 Å². The van der Waals surface area contributed by atoms with Gasteiger partial charge in [-0.3, -0.25) is 9.32 Å². The fourth-order valence-corrected chi connectivity index (χ4v) is 7.46. The summed E-state index contributed by atoms with van der Waals surface area (Å²) in [6, 6.07) is 12.2. The highest BCUT2D eigenvalue weighted by atomic mass is 35.5. The summed E-state index contributed by atoms with van der Waals surface area (Å²) in [4.78, 5) is 21.3. The Morgan fingerprint density at radius 2 is 1.94 bits per heavy atom. The largest absolute Gasteiger partial charge is 0.459 e. The van der Waals surface area contributed by atoms with Crippen molar-refractivity contribution in [2.75, 3.05) is 12.3 Å². The normalized spacial score (nSPS) is 24.0. The molecule has 264 valence electrons. The number of aromatic nitrogens is 3. The number of halogens is 4. The topological polar surface area (TPSA) is 204 Å². The van der Waals surface area contributed by atoms with Gasteiger partial charge < -0.3 is 34.5 Å². The highest BCUT2D eigenvalue weighted by molar-refractivity contribution is 7.52. The Labute approximate surface area is 287 Å². The zero-order chi connectivity index (χ0) is 36.1. The molecule has 14 nitrogen and oxygen atoms in total. The van der Waals surface area contributed by atoms with Crippen molar-refractivity contribution in [1.29, 1.82) is 5.26 Å². The lowest BCUT2D eigenvalue weighted by molar-refractivity contribution is -0.150. The molecule has 50 heavy (non-hydrogen) atoms. The fourth-order valence-electron chi connectivity index (χ4n) is 5.59. The van der Waals surface area contributed by atoms with Crippen molar-refractivity contribution in [2.45, 2.75) is 62.1 Å². The number of nitrogens with two attached hydrogens (primary N) is 1. The predicted octanol–water partition coefficient (Wildman–Crippen LogP) is 4.64. The standard InChI is InChI=1S/C31H29ClF3N6O8P/c1-29(44)24(42)22(48-27(29)41-13-18(12-36)23-25(37)38-16-39-26(23)41)15-47-50(45,49-20-8-6-19(32)7-9-20)40-30(10-11-30)28(43)46-14-17-4-2-3-5-21(17)31(33,34)35/h2-9,13,16,22,24,27,42,44H,10-11,14-15H2,1H3,(H,40,45)(H2,37,38,39)/t22?,24-,27?,29-,50?/m1/s1. The van der Waals surface area contributed by atoms with Crippen LogP contribution in [0.1, 0.15) is 42.7 Å². The lowest BCUT2D eigenvalue weighted by Gasteiger charge is -2.28. The van der Waals surface area contributed by atoms with Crippen molar-refractivity contribution in [3.63, 3.8) is 0 Å². The minimum Gasteiger partial charge on any atom is -0.459 e. The Hall–Kier alpha value is -4.27. The van der Waals surface area contributed by atoms with Gasteiger partial charge >= 0.3 is 19.9 Å². The molecule has 2 aromatic heterocycles. The third-order valence-electron chi connectivity index (χ3n) is 8.39. The molecule has 0 spiro atoms. The van der Waals surface area contributed by atoms with Gasteiger partial charge in [-0.15, -0.1) is 0 Å². The lowest BCUT2D eigenvalue weighted by atomic mass is 9.96. The number of nitrogens with one attached hydrogen (secondary N) is 1. The second-order valence-corrected chi connectivity index (χ2v) is 14.1. The molecular formula is C31H29ClF3N6O8P. The first-order valence-electron chi connectivity index (χ1n) is 15.0. The van der Waals surface area contributed by atoms with Crippen LogP contribution < -0.4 is 15.3 Å². The predicted molar refractivity (Wildman–Crippen MR) is 169 cm³/mol. The SMILES string of the molecule is C[C@]1(O)C(n2cc(C#N)c3c(N)ncnc32)OC(COP(=O)(NC2(C(=O)OCc3ccccc3C(F)(F)F)CC2)Oc2ccc(Cl)cc2)[C@H]1O. The smallest absolute Gasteiger partial charge is 0.459 e. The van der Waals surface area contributed by atoms with E-state index < -0.39 is 68.2 Å². The summed E-state index contributed by atoms with van der Waals surface area (Å²) in [7, 11) is -4.59. The Kier molecular flexibility index (Phi) is 9.33. The maximum Gasteiger partial charge on any atom is 0.459 e. The van der Waals surface area contributed by atoms with Crippen molar-refractivity contribution in [3.05, 3.63) is 82.8 Å². The first-order chi connectivity index (χ1) is 23.6. The van der Waals surface area contributed by atoms with Gasteiger partial charge in [-0.2, -0.15) is 23.5 Å². The number of carbonyl (C=O) groups is 1. The number of nitrogens with zero attached hydrogens (tertiary/aromatic N) is 4. The van der Waals surface area contributed by atoms with Crippen molar-refractivity contribution < 1.29 is 51.3 Å². The van der Waals surface area contributed by atoms with Gasteiger partial charge in [0.25, 0.3) is 0 Å². The summed E-state index contributed by atoms with van der Waals surface area (Å²) in [6.07, 6.45) is -6.41. The Bertz CT molecular complexity index is 2020. The van der Waals surface area contributed by atoms with Gasteiger partial charge in [0, 0.05) is 16.8 Å². The number of alkyl halides is 3. The molecular weight excluding hydrogens is 708 g/mol. The van der Waals surface area contributed by atoms with E-state index in [9.17, 15) is 38.0 Å². The number of esters is 1. The highest BCUT2D eigenvalue weighted by Crippen LogP contribution is 2.53. The lowest BCUT2D eigenvalue weighted by Crippen LogP contribution is -2.45. The van der Waals surface area contributed by atoms with Gasteiger partial charge in [-0.1, -0.05) is 29.8 Å². The number of anilines is 1. The third-order valence-corrected chi connectivity index (χ3v) is 10.3. The zero-order valence-corrected chi connectivity index (χ0v) is 27.7. The summed E-state index contributed by atoms with van der Waals surface area (Å²) < 4.78 is 78.7. The van der Waals surface area contributed by atoms with Crippen molar-refractivity contribution in [3.8, 4) is 11.8 Å². The number of carbonyl (C=O) groups excluding carboxylic acids is 1. The summed E-state index contributed by atoms with van der Waals surface area (Å²) in [6.45, 7) is -0.103. The number of hydrogen-bond acceptors (Lipinski definition) is 12. The molecule has 3 unspecified atom stereocenters. The number of nitriles is 1. The maximum atomic E-state index is 14.3. The first-order valence-corrected chi connectivity index (χ1v) is 16.9. The van der Waals surface area contributed by atoms with Crippen molar-refractivity contribution >= 4 is 42.2 Å². The Morgan fingerprint density at radius 1 is 1.24 bits per heavy atom. The van der Waals surface area contributed by atoms with E-state index in [2.05, 4.69) is 15.1 Å². The zero-order valence-electron chi connectivity index (χ0n) is 26.0. The van der Waals surface area contributed by atoms with E-state index in [-0.39, 0.29) is 46.6 Å². The van der Waals surface area contributed by atoms with Crippen LogP contribution in [0, 0.1) is 11.3 Å². The van der Waals surface area contributed by atoms with Gasteiger partial charge in [0.05, 0.1) is 23.1 Å². The fraction of sp³-hybridized carbons (Fsp3) is 0.355. The number of nitrogen functional groups attached to an aromatic ring is 1. The molecule has 1 aliphatic heterocycles. The van der Waals surface area contributed by atoms with Crippen LogP contribution in [0.3, 0.4) is 0 Å². The highest BCUT2D eigenvalue weighted by Gasteiger charge is 2.58. The van der Waals surface area contributed by atoms with Gasteiger partial charge in [0.15, 0.2) is 6.23 Å². The van der Waals surface area contributed by atoms with Gasteiger partial charge in [-0.05, 0) is 50.1 Å². The number of fused-ring (bicyclic) bond motifs is 1. The summed E-state index contributed by atoms with van der Waals surface area (Å²) in [5.41, 5.74) is 1.27. The third kappa shape index (κ3) is 6.88. The average molecular weight is 737 g/mol. The molecule has 2 fully saturated rings. The summed E-state index contributed by atoms with van der Waals surface area (Å²) in [5.74, 6) is -0.981. The monoisotopic (exact) mass is 736 g/mol. The van der Waals surface area contributed by atoms with Crippen LogP contribution in [0.25, 0.3) is 11.0 Å². The van der Waals surface area contributed by atoms with E-state index in [0.29, 0.717) is 5.02 Å². The molecule has 4 aromatic rings. The van der Waals surface area contributed by atoms with E-state index in [1.807, 2.05) is 6.07 Å². The average Bonchev–Trinajstić information content (AvgIpc) is 3.69. The molecule has 1 aliphatic carbocycles. The first kappa shape index (κ1) is 35.6. The summed E-state index contributed by atoms with van der Waals surface area (Å²) >= 11 is 5.97. The van der Waals surface area contributed by atoms with Gasteiger partial charge in [0.2, 0.25) is 0 Å². The molecule has 1 saturated heterocycles. The molecule has 2 aliphatic rings. The van der Waals surface area contributed by atoms with Crippen LogP contribution in [0.2, 0.25) is 5.02 Å². The van der Waals surface area contributed by atoms with Crippen molar-refractivity contribution in [1.82, 2.24) is 19.6 Å². The molecule has 0 radical (unpaired) electrons. The molecule has 1 saturated carbocycles. The number of hydrogen-bond donors (Lipinski definition) is 4. The molecule has 2 aromatic carbocycles. The minimum absolute atomic E-state index is 0.00591. The van der Waals surface area contributed by atoms with E-state index >= 15 is 0 Å². The van der Waals surface area contributed by atoms with Crippen LogP contribution in [-0.2, 0) is 36.1 Å². The second kappa shape index (κ2) is 13.1. The quantitative estimate of drug-likeness (QED) is 0.123. The Morgan fingerprint density at radius 3 is 2.60 bits per heavy atom. The number of rotatable bonds is 11. The molecule has 3 heterocycles. The molecule has 19 heteroatoms. The van der Waals surface area contributed by atoms with E-state index in [0.717, 1.165) is 12.4 Å². The maximum absolute atomic E-state index is 14.3. The molecule has 0 bridgehead atoms. The number of benzene rings is 2. The van der Waals surface area contributed by atoms with Crippen LogP contribution in [0.15, 0.2) is 61.1 Å². The molecule has 5 atom stereocenters. The molecule has 5 N–H and O–H groups in total. The summed E-state index contributed by atoms with van der Waals surface area (Å²) in [5, 5.41) is 35.3. The van der Waals surface area contributed by atoms with Gasteiger partial charge in [0.1, 0.15) is 59.6 Å². The number of ether oxygens (including phenoxy) is 2. The number of aliphatic hydroxyl groups is 2. The van der Waals surface area contributed by atoms with E-state index in [1.165, 1.54) is 60.2 Å². The van der Waals surface area contributed by atoms with Crippen LogP contribution in [0.5, 0.6) is 5.75 Å². The molecule has 0 amide bonds. The van der Waals surface area contributed by atoms with Crippen molar-refractivity contribution in [2.24, 2.45) is 0 Å².